The first kappa shape index (κ1) is 95.0. The van der Waals surface area contributed by atoms with Gasteiger partial charge >= 0.3 is 18.3 Å². The van der Waals surface area contributed by atoms with Gasteiger partial charge in [-0.2, -0.15) is 19.9 Å². The summed E-state index contributed by atoms with van der Waals surface area (Å²) in [5, 5.41) is 0. The molecule has 8 aromatic rings. The summed E-state index contributed by atoms with van der Waals surface area (Å²) in [4.78, 5) is 90.7. The zero-order valence-electron chi connectivity index (χ0n) is 78.3. The molecule has 10 fully saturated rings. The maximum atomic E-state index is 14.5. The number of ether oxygens (including phenoxy) is 12. The van der Waals surface area contributed by atoms with Crippen molar-refractivity contribution >= 4 is 24.2 Å². The van der Waals surface area contributed by atoms with Crippen LogP contribution >= 0.6 is 0 Å². The van der Waals surface area contributed by atoms with Gasteiger partial charge in [0.05, 0.1) is 58.0 Å². The van der Waals surface area contributed by atoms with E-state index in [1.54, 1.807) is 36.1 Å². The van der Waals surface area contributed by atoms with Crippen molar-refractivity contribution in [1.82, 2.24) is 59.5 Å². The fourth-order valence-corrected chi connectivity index (χ4v) is 18.1. The molecule has 4 aliphatic heterocycles. The van der Waals surface area contributed by atoms with E-state index in [0.717, 1.165) is 156 Å². The second-order valence-corrected chi connectivity index (χ2v) is 38.6. The molecule has 0 bridgehead atoms. The summed E-state index contributed by atoms with van der Waals surface area (Å²) in [6, 6.07) is 20.0. The smallest absolute Gasteiger partial charge is 0.410 e. The van der Waals surface area contributed by atoms with Gasteiger partial charge in [0, 0.05) is 92.4 Å². The van der Waals surface area contributed by atoms with Gasteiger partial charge in [0.2, 0.25) is 35.0 Å². The summed E-state index contributed by atoms with van der Waals surface area (Å²) < 4.78 is 127. The van der Waals surface area contributed by atoms with Gasteiger partial charge in [-0.25, -0.2) is 51.9 Å². The Morgan fingerprint density at radius 3 is 1.11 bits per heavy atom. The maximum absolute atomic E-state index is 14.5. The number of likely N-dealkylation sites (tertiary alicyclic amines) is 4. The number of aromatic nitrogens is 8. The summed E-state index contributed by atoms with van der Waals surface area (Å²) in [6.07, 6.45) is 20.2. The predicted octanol–water partition coefficient (Wildman–Crippen LogP) is 19.2. The van der Waals surface area contributed by atoms with Crippen LogP contribution in [0.3, 0.4) is 0 Å². The van der Waals surface area contributed by atoms with Gasteiger partial charge in [-0.15, -0.1) is 0 Å². The second-order valence-electron chi connectivity index (χ2n) is 38.6. The van der Waals surface area contributed by atoms with Crippen molar-refractivity contribution in [3.05, 3.63) is 166 Å². The molecule has 18 rings (SSSR count). The largest absolute Gasteiger partial charge is 0.487 e. The number of halogens is 4. The van der Waals surface area contributed by atoms with Crippen LogP contribution in [0.1, 0.15) is 197 Å². The highest BCUT2D eigenvalue weighted by atomic mass is 19.1. The average molecular weight is 1830 g/mol. The number of methoxy groups -OCH3 is 2. The zero-order valence-corrected chi connectivity index (χ0v) is 78.3. The number of carbonyl (C=O) groups is 4. The van der Waals surface area contributed by atoms with E-state index in [1.807, 2.05) is 107 Å². The highest BCUT2D eigenvalue weighted by molar-refractivity contribution is 5.76. The average Bonchev–Trinajstić information content (AvgIpc) is 1.59. The Balaban J connectivity index is 0.000000135. The standard InChI is InChI=1S/C26H32FN3O3.C25H30FN3O5.C25H32FN3O4.C24H30FN3O4/c1-4-18-5-6-19(21(27)11-18)12-22-17(2)23(29-16-28-22)32-15-26-9-10-30(14-20(26)13-26)24(31)33-25(3)7-8-25;1-4-16-5-6-19(18(26)11-16)33-22-20(31-3)21(27-15-28-22)32-14-25-9-10-29(13-17(25)12-25)23(30)34-24(2)7-8-24;1-5-17-6-7-20(19(26)11-17)33-24-22(31-4)23(27-15-28-24)32-14-25-8-9-29(13-18(25)12-25)21(30)10-16(2)3;1-5-17-6-7-20(19(25)10-17)32-22-16(4)21(26-14-27-22)30-13-24-8-9-28(12-18(24)11-24)23(29)31-15(2)3/h5-6,11,16,20H,4,7-10,12-15H2,1-3H3;5-6,11,15,17H,4,7-10,12-14H2,1-3H3;6-7,11,15-16,18H,5,8-10,12-14H2,1-4H3;6-7,10,14-15,18H,5,8-9,11-13H2,1-4H3. The van der Waals surface area contributed by atoms with E-state index in [-0.39, 0.29) is 127 Å². The van der Waals surface area contributed by atoms with Crippen LogP contribution in [0.2, 0.25) is 0 Å². The molecule has 6 saturated carbocycles. The van der Waals surface area contributed by atoms with Crippen LogP contribution in [0.25, 0.3) is 0 Å². The van der Waals surface area contributed by atoms with E-state index in [9.17, 15) is 36.7 Å². The number of carbonyl (C=O) groups excluding carboxylic acids is 4. The van der Waals surface area contributed by atoms with Gasteiger partial charge in [-0.1, -0.05) is 71.9 Å². The minimum absolute atomic E-state index is 0.0132. The molecule has 0 spiro atoms. The Bertz CT molecular complexity index is 5500. The summed E-state index contributed by atoms with van der Waals surface area (Å²) in [7, 11) is 2.95. The molecular formula is C100H124F4N12O16. The topological polar surface area (TPSA) is 295 Å². The summed E-state index contributed by atoms with van der Waals surface area (Å²) >= 11 is 0. The van der Waals surface area contributed by atoms with E-state index in [2.05, 4.69) is 53.7 Å². The summed E-state index contributed by atoms with van der Waals surface area (Å²) in [5.74, 6) is 3.38. The molecule has 4 saturated heterocycles. The second kappa shape index (κ2) is 40.1. The van der Waals surface area contributed by atoms with Crippen molar-refractivity contribution in [1.29, 1.82) is 0 Å². The van der Waals surface area contributed by atoms with Crippen LogP contribution in [0, 0.1) is 88.4 Å². The Labute approximate surface area is 769 Å². The van der Waals surface area contributed by atoms with E-state index in [0.29, 0.717) is 124 Å². The van der Waals surface area contributed by atoms with Crippen molar-refractivity contribution in [3.63, 3.8) is 0 Å². The third-order valence-corrected chi connectivity index (χ3v) is 28.1. The van der Waals surface area contributed by atoms with Gasteiger partial charge in [-0.05, 0) is 244 Å². The first-order chi connectivity index (χ1) is 63.3. The predicted molar refractivity (Wildman–Crippen MR) is 480 cm³/mol. The molecule has 32 heteroatoms. The number of piperidine rings is 4. The lowest BCUT2D eigenvalue weighted by Crippen LogP contribution is -2.42. The molecule has 6 aliphatic carbocycles. The van der Waals surface area contributed by atoms with E-state index >= 15 is 0 Å². The summed E-state index contributed by atoms with van der Waals surface area (Å²) in [5.41, 5.74) is 6.28. The van der Waals surface area contributed by atoms with Crippen molar-refractivity contribution in [3.8, 4) is 69.9 Å². The van der Waals surface area contributed by atoms with Crippen LogP contribution in [-0.4, -0.2) is 194 Å². The molecule has 4 amide bonds. The van der Waals surface area contributed by atoms with Gasteiger partial charge in [0.15, 0.2) is 34.7 Å². The van der Waals surface area contributed by atoms with Crippen molar-refractivity contribution in [2.45, 2.75) is 216 Å². The molecule has 8 unspecified atom stereocenters. The number of rotatable bonds is 31. The van der Waals surface area contributed by atoms with Crippen molar-refractivity contribution in [2.75, 3.05) is 93.0 Å². The molecule has 4 aromatic carbocycles. The molecule has 708 valence electrons. The Morgan fingerprint density at radius 1 is 0.409 bits per heavy atom. The lowest BCUT2D eigenvalue weighted by molar-refractivity contribution is -0.133. The van der Waals surface area contributed by atoms with Gasteiger partial charge in [-0.3, -0.25) is 4.79 Å². The normalized spacial score (nSPS) is 23.1. The van der Waals surface area contributed by atoms with Crippen LogP contribution in [0.5, 0.6) is 69.9 Å². The van der Waals surface area contributed by atoms with Crippen molar-refractivity contribution < 1.29 is 93.6 Å². The minimum atomic E-state index is -0.469. The van der Waals surface area contributed by atoms with Gasteiger partial charge < -0.3 is 76.4 Å². The van der Waals surface area contributed by atoms with Crippen LogP contribution in [0.4, 0.5) is 31.9 Å². The zero-order chi connectivity index (χ0) is 93.6. The molecule has 4 aromatic heterocycles. The number of hydrogen-bond donors (Lipinski definition) is 0. The van der Waals surface area contributed by atoms with E-state index in [1.165, 1.54) is 57.7 Å². The summed E-state index contributed by atoms with van der Waals surface area (Å²) in [6.45, 7) is 31.2. The Morgan fingerprint density at radius 2 is 0.742 bits per heavy atom. The number of benzene rings is 4. The number of amides is 4. The number of aryl methyl sites for hydroxylation is 4. The molecule has 0 radical (unpaired) electrons. The monoisotopic (exact) mass is 1820 g/mol. The maximum Gasteiger partial charge on any atom is 0.410 e. The van der Waals surface area contributed by atoms with E-state index in [4.69, 9.17) is 56.8 Å². The number of hydrogen-bond acceptors (Lipinski definition) is 24. The van der Waals surface area contributed by atoms with Crippen molar-refractivity contribution in [2.24, 2.45) is 51.2 Å². The Kier molecular flexibility index (Phi) is 28.8. The number of fused-ring (bicyclic) bond motifs is 4. The molecule has 8 atom stereocenters. The minimum Gasteiger partial charge on any atom is -0.487 e. The lowest BCUT2D eigenvalue weighted by atomic mass is 9.95. The fourth-order valence-electron chi connectivity index (χ4n) is 18.1. The highest BCUT2D eigenvalue weighted by Crippen LogP contribution is 2.62. The number of nitrogens with zero attached hydrogens (tertiary/aromatic N) is 12. The molecule has 0 N–H and O–H groups in total. The van der Waals surface area contributed by atoms with Crippen LogP contribution < -0.4 is 42.6 Å². The molecule has 132 heavy (non-hydrogen) atoms. The first-order valence-corrected chi connectivity index (χ1v) is 46.6. The lowest BCUT2D eigenvalue weighted by Gasteiger charge is -2.32. The molecule has 10 aliphatic rings. The third-order valence-electron chi connectivity index (χ3n) is 28.1. The SMILES string of the molecule is CCc1ccc(Cc2ncnc(OCC34CCN(C(=O)OC5(C)CC5)CC3C4)c2C)c(F)c1.CCc1ccc(Oc2ncnc(OCC34CCN(C(=O)CC(C)C)CC3C4)c2OC)c(F)c1.CCc1ccc(Oc2ncnc(OCC34CCN(C(=O)OC(C)C)CC3C4)c2C)c(F)c1.CCc1ccc(Oc2ncnc(OCC34CCN(C(=O)OC5(C)CC5)CC3C4)c2OC)c(F)c1. The van der Waals surface area contributed by atoms with Crippen LogP contribution in [0.15, 0.2) is 98.1 Å². The van der Waals surface area contributed by atoms with Crippen LogP contribution in [-0.2, 0) is 51.1 Å². The molecule has 8 heterocycles. The van der Waals surface area contributed by atoms with Gasteiger partial charge in [0.1, 0.15) is 42.3 Å². The van der Waals surface area contributed by atoms with E-state index < -0.39 is 17.5 Å². The Hall–Kier alpha value is -11.6. The fraction of sp³-hybridized carbons (Fsp3) is 0.560. The third kappa shape index (κ3) is 22.7. The molecular weight excluding hydrogens is 1700 g/mol. The van der Waals surface area contributed by atoms with Gasteiger partial charge in [0.25, 0.3) is 23.5 Å². The quantitative estimate of drug-likeness (QED) is 0.0288. The first-order valence-electron chi connectivity index (χ1n) is 46.6. The molecule has 28 nitrogen and oxygen atoms in total. The highest BCUT2D eigenvalue weighted by Gasteiger charge is 2.62.